The van der Waals surface area contributed by atoms with Gasteiger partial charge >= 0.3 is 5.97 Å². The molecule has 1 aromatic rings. The number of benzene rings is 1. The number of hydrogen-bond donors (Lipinski definition) is 1. The highest BCUT2D eigenvalue weighted by atomic mass is 19.1. The predicted octanol–water partition coefficient (Wildman–Crippen LogP) is 2.35. The largest absolute Gasteiger partial charge is 0.493 e. The molecule has 0 radical (unpaired) electrons. The van der Waals surface area contributed by atoms with Gasteiger partial charge in [-0.1, -0.05) is 0 Å². The van der Waals surface area contributed by atoms with Crippen molar-refractivity contribution < 1.29 is 23.8 Å². The van der Waals surface area contributed by atoms with Gasteiger partial charge < -0.3 is 14.6 Å². The number of methoxy groups -OCH3 is 2. The summed E-state index contributed by atoms with van der Waals surface area (Å²) < 4.78 is 24.1. The highest BCUT2D eigenvalue weighted by molar-refractivity contribution is 5.70. The van der Waals surface area contributed by atoms with Crippen LogP contribution in [0.15, 0.2) is 12.1 Å². The van der Waals surface area contributed by atoms with Crippen LogP contribution in [0.2, 0.25) is 0 Å². The lowest BCUT2D eigenvalue weighted by molar-refractivity contribution is -0.137. The van der Waals surface area contributed by atoms with Crippen molar-refractivity contribution in [3.8, 4) is 11.5 Å². The van der Waals surface area contributed by atoms with Gasteiger partial charge in [0, 0.05) is 11.5 Å². The van der Waals surface area contributed by atoms with Gasteiger partial charge in [-0.25, -0.2) is 4.39 Å². The van der Waals surface area contributed by atoms with Crippen molar-refractivity contribution in [3.63, 3.8) is 0 Å². The van der Waals surface area contributed by atoms with Gasteiger partial charge in [-0.2, -0.15) is 0 Å². The molecular formula is C13H15FO4. The maximum atomic E-state index is 14.0. The molecule has 4 nitrogen and oxygen atoms in total. The minimum absolute atomic E-state index is 0.0561. The fourth-order valence-electron chi connectivity index (χ4n) is 2.24. The smallest absolute Gasteiger partial charge is 0.304 e. The molecule has 0 spiro atoms. The molecule has 2 rings (SSSR count). The van der Waals surface area contributed by atoms with Crippen LogP contribution in [0, 0.1) is 5.82 Å². The average Bonchev–Trinajstić information content (AvgIpc) is 3.08. The SMILES string of the molecule is COc1cc(F)c(C2(CC(=O)O)CC2)cc1OC. The van der Waals surface area contributed by atoms with E-state index in [4.69, 9.17) is 14.6 Å². The molecule has 1 fully saturated rings. The van der Waals surface area contributed by atoms with Gasteiger partial charge in [-0.05, 0) is 24.5 Å². The summed E-state index contributed by atoms with van der Waals surface area (Å²) in [5.41, 5.74) is -0.169. The van der Waals surface area contributed by atoms with Crippen LogP contribution < -0.4 is 9.47 Å². The van der Waals surface area contributed by atoms with Crippen LogP contribution in [-0.2, 0) is 10.2 Å². The number of hydrogen-bond acceptors (Lipinski definition) is 3. The Morgan fingerprint density at radius 1 is 1.33 bits per heavy atom. The van der Waals surface area contributed by atoms with Crippen LogP contribution in [0.3, 0.4) is 0 Å². The number of ether oxygens (including phenoxy) is 2. The van der Waals surface area contributed by atoms with Gasteiger partial charge in [0.1, 0.15) is 5.82 Å². The summed E-state index contributed by atoms with van der Waals surface area (Å²) in [5.74, 6) is -0.622. The number of carbonyl (C=O) groups is 1. The molecule has 0 amide bonds. The van der Waals surface area contributed by atoms with E-state index >= 15 is 0 Å². The Labute approximate surface area is 104 Å². The highest BCUT2D eigenvalue weighted by Crippen LogP contribution is 2.53. The summed E-state index contributed by atoms with van der Waals surface area (Å²) in [6.45, 7) is 0. The third-order valence-electron chi connectivity index (χ3n) is 3.39. The van der Waals surface area contributed by atoms with Crippen molar-refractivity contribution in [1.29, 1.82) is 0 Å². The third kappa shape index (κ3) is 2.12. The molecule has 1 aromatic carbocycles. The van der Waals surface area contributed by atoms with Crippen LogP contribution in [0.5, 0.6) is 11.5 Å². The quantitative estimate of drug-likeness (QED) is 0.876. The molecule has 0 heterocycles. The first kappa shape index (κ1) is 12.7. The molecule has 1 aliphatic rings. The summed E-state index contributed by atoms with van der Waals surface area (Å²) in [7, 11) is 2.90. The normalized spacial score (nSPS) is 16.2. The van der Waals surface area contributed by atoms with E-state index in [9.17, 15) is 9.18 Å². The number of carboxylic acids is 1. The Bertz CT molecular complexity index is 480. The fourth-order valence-corrected chi connectivity index (χ4v) is 2.24. The number of aliphatic carboxylic acids is 1. The molecule has 5 heteroatoms. The second-order valence-electron chi connectivity index (χ2n) is 4.54. The minimum atomic E-state index is -0.915. The van der Waals surface area contributed by atoms with E-state index in [0.29, 0.717) is 29.9 Å². The Kier molecular flexibility index (Phi) is 3.15. The maximum absolute atomic E-state index is 14.0. The average molecular weight is 254 g/mol. The maximum Gasteiger partial charge on any atom is 0.304 e. The first-order valence-electron chi connectivity index (χ1n) is 5.66. The molecule has 0 unspecified atom stereocenters. The summed E-state index contributed by atoms with van der Waals surface area (Å²) >= 11 is 0. The Hall–Kier alpha value is -1.78. The van der Waals surface area contributed by atoms with E-state index in [1.54, 1.807) is 6.07 Å². The second-order valence-corrected chi connectivity index (χ2v) is 4.54. The van der Waals surface area contributed by atoms with E-state index in [2.05, 4.69) is 0 Å². The monoisotopic (exact) mass is 254 g/mol. The Morgan fingerprint density at radius 2 is 1.89 bits per heavy atom. The van der Waals surface area contributed by atoms with Crippen molar-refractivity contribution in [1.82, 2.24) is 0 Å². The van der Waals surface area contributed by atoms with Gasteiger partial charge in [-0.3, -0.25) is 4.79 Å². The highest BCUT2D eigenvalue weighted by Gasteiger charge is 2.48. The van der Waals surface area contributed by atoms with E-state index in [1.165, 1.54) is 20.3 Å². The van der Waals surface area contributed by atoms with E-state index in [-0.39, 0.29) is 6.42 Å². The summed E-state index contributed by atoms with van der Waals surface area (Å²) in [5, 5.41) is 8.89. The van der Waals surface area contributed by atoms with Crippen molar-refractivity contribution in [2.24, 2.45) is 0 Å². The van der Waals surface area contributed by atoms with Crippen LogP contribution in [0.4, 0.5) is 4.39 Å². The van der Waals surface area contributed by atoms with Crippen LogP contribution in [-0.4, -0.2) is 25.3 Å². The standard InChI is InChI=1S/C13H15FO4/c1-17-10-5-8(9(14)6-11(10)18-2)13(3-4-13)7-12(15)16/h5-6H,3-4,7H2,1-2H3,(H,15,16). The topological polar surface area (TPSA) is 55.8 Å². The van der Waals surface area contributed by atoms with E-state index in [0.717, 1.165) is 0 Å². The molecule has 1 saturated carbocycles. The molecule has 0 aromatic heterocycles. The zero-order valence-corrected chi connectivity index (χ0v) is 10.3. The van der Waals surface area contributed by atoms with E-state index in [1.807, 2.05) is 0 Å². The van der Waals surface area contributed by atoms with Crippen LogP contribution >= 0.6 is 0 Å². The summed E-state index contributed by atoms with van der Waals surface area (Å²) in [6.07, 6.45) is 1.32. The Balaban J connectivity index is 2.42. The van der Waals surface area contributed by atoms with Gasteiger partial charge in [-0.15, -0.1) is 0 Å². The Morgan fingerprint density at radius 3 is 2.33 bits per heavy atom. The van der Waals surface area contributed by atoms with Gasteiger partial charge in [0.15, 0.2) is 11.5 Å². The molecule has 18 heavy (non-hydrogen) atoms. The molecular weight excluding hydrogens is 239 g/mol. The zero-order chi connectivity index (χ0) is 13.3. The molecule has 0 saturated heterocycles. The lowest BCUT2D eigenvalue weighted by atomic mass is 9.91. The summed E-state index contributed by atoms with van der Waals surface area (Å²) in [6, 6.07) is 2.79. The van der Waals surface area contributed by atoms with Crippen molar-refractivity contribution in [2.45, 2.75) is 24.7 Å². The van der Waals surface area contributed by atoms with Gasteiger partial charge in [0.2, 0.25) is 0 Å². The second kappa shape index (κ2) is 4.48. The predicted molar refractivity (Wildman–Crippen MR) is 62.7 cm³/mol. The molecule has 1 aliphatic carbocycles. The number of halogens is 1. The molecule has 98 valence electrons. The van der Waals surface area contributed by atoms with Crippen molar-refractivity contribution in [2.75, 3.05) is 14.2 Å². The number of rotatable bonds is 5. The van der Waals surface area contributed by atoms with Crippen molar-refractivity contribution in [3.05, 3.63) is 23.5 Å². The lowest BCUT2D eigenvalue weighted by Crippen LogP contribution is -2.15. The molecule has 0 bridgehead atoms. The van der Waals surface area contributed by atoms with Crippen LogP contribution in [0.1, 0.15) is 24.8 Å². The first-order valence-corrected chi connectivity index (χ1v) is 5.66. The van der Waals surface area contributed by atoms with Crippen LogP contribution in [0.25, 0.3) is 0 Å². The fraction of sp³-hybridized carbons (Fsp3) is 0.462. The first-order chi connectivity index (χ1) is 8.52. The lowest BCUT2D eigenvalue weighted by Gasteiger charge is -2.17. The molecule has 0 atom stereocenters. The summed E-state index contributed by atoms with van der Waals surface area (Å²) in [4.78, 5) is 10.8. The van der Waals surface area contributed by atoms with Crippen molar-refractivity contribution >= 4 is 5.97 Å². The van der Waals surface area contributed by atoms with Gasteiger partial charge in [0.05, 0.1) is 20.6 Å². The zero-order valence-electron chi connectivity index (χ0n) is 10.3. The third-order valence-corrected chi connectivity index (χ3v) is 3.39. The van der Waals surface area contributed by atoms with Gasteiger partial charge in [0.25, 0.3) is 0 Å². The number of carboxylic acid groups (broad SMARTS) is 1. The molecule has 0 aliphatic heterocycles. The molecule has 1 N–H and O–H groups in total. The van der Waals surface area contributed by atoms with E-state index < -0.39 is 17.2 Å². The minimum Gasteiger partial charge on any atom is -0.493 e.